The molecular formula is C30H36N4O4S. The van der Waals surface area contributed by atoms with Gasteiger partial charge in [0, 0.05) is 45.2 Å². The van der Waals surface area contributed by atoms with E-state index in [0.717, 1.165) is 37.2 Å². The number of piperidine rings is 1. The third-order valence-corrected chi connectivity index (χ3v) is 9.75. The summed E-state index contributed by atoms with van der Waals surface area (Å²) < 4.78 is 33.9. The van der Waals surface area contributed by atoms with Gasteiger partial charge in [0.25, 0.3) is 0 Å². The average Bonchev–Trinajstić information content (AvgIpc) is 3.33. The van der Waals surface area contributed by atoms with E-state index in [0.29, 0.717) is 25.1 Å². The molecule has 0 saturated carbocycles. The fourth-order valence-corrected chi connectivity index (χ4v) is 7.08. The van der Waals surface area contributed by atoms with Crippen LogP contribution in [0, 0.1) is 19.8 Å². The lowest BCUT2D eigenvalue weighted by molar-refractivity contribution is -0.126. The van der Waals surface area contributed by atoms with Crippen molar-refractivity contribution >= 4 is 28.1 Å². The van der Waals surface area contributed by atoms with Gasteiger partial charge in [-0.2, -0.15) is 4.31 Å². The van der Waals surface area contributed by atoms with Crippen molar-refractivity contribution in [2.45, 2.75) is 44.6 Å². The van der Waals surface area contributed by atoms with Crippen molar-refractivity contribution in [2.75, 3.05) is 32.7 Å². The SMILES string of the molecule is Cc1ccc(/C=C/c2onc(C)c2S(=O)(=O)N2CCC(C(=O)NCCN3CCc4ccccc4C3)CC2)cc1. The first kappa shape index (κ1) is 27.3. The van der Waals surface area contributed by atoms with Gasteiger partial charge in [0.15, 0.2) is 10.7 Å². The second-order valence-corrected chi connectivity index (χ2v) is 12.3. The topological polar surface area (TPSA) is 95.8 Å². The molecular weight excluding hydrogens is 512 g/mol. The number of sulfonamides is 1. The van der Waals surface area contributed by atoms with Gasteiger partial charge >= 0.3 is 0 Å². The summed E-state index contributed by atoms with van der Waals surface area (Å²) in [7, 11) is -3.81. The maximum absolute atomic E-state index is 13.5. The Balaban J connectivity index is 1.14. The van der Waals surface area contributed by atoms with E-state index in [4.69, 9.17) is 4.52 Å². The molecule has 1 saturated heterocycles. The Hall–Kier alpha value is -3.27. The minimum Gasteiger partial charge on any atom is -0.355 e. The van der Waals surface area contributed by atoms with Crippen molar-refractivity contribution in [1.82, 2.24) is 19.7 Å². The van der Waals surface area contributed by atoms with Crippen molar-refractivity contribution in [2.24, 2.45) is 5.92 Å². The highest BCUT2D eigenvalue weighted by molar-refractivity contribution is 7.89. The Morgan fingerprint density at radius 1 is 1.03 bits per heavy atom. The number of nitrogens with zero attached hydrogens (tertiary/aromatic N) is 3. The number of fused-ring (bicyclic) bond motifs is 1. The van der Waals surface area contributed by atoms with Crippen molar-refractivity contribution < 1.29 is 17.7 Å². The Morgan fingerprint density at radius 2 is 1.74 bits per heavy atom. The zero-order valence-electron chi connectivity index (χ0n) is 22.6. The summed E-state index contributed by atoms with van der Waals surface area (Å²) in [5, 5.41) is 7.01. The smallest absolute Gasteiger partial charge is 0.248 e. The quantitative estimate of drug-likeness (QED) is 0.457. The summed E-state index contributed by atoms with van der Waals surface area (Å²) in [6.07, 6.45) is 5.48. The standard InChI is InChI=1S/C30H36N4O4S/c1-22-7-9-24(10-8-22)11-12-28-29(23(2)32-38-28)39(36,37)34-18-14-26(15-19-34)30(35)31-16-20-33-17-13-25-5-3-4-6-27(25)21-33/h3-12,26H,13-21H2,1-2H3,(H,31,35)/b12-11+. The summed E-state index contributed by atoms with van der Waals surface area (Å²) in [4.78, 5) is 15.3. The van der Waals surface area contributed by atoms with Gasteiger partial charge in [0.05, 0.1) is 0 Å². The predicted molar refractivity (Wildman–Crippen MR) is 151 cm³/mol. The molecule has 1 fully saturated rings. The minimum absolute atomic E-state index is 0.00679. The van der Waals surface area contributed by atoms with E-state index in [1.165, 1.54) is 15.4 Å². The van der Waals surface area contributed by atoms with Crippen LogP contribution < -0.4 is 5.32 Å². The van der Waals surface area contributed by atoms with Crippen LogP contribution in [-0.4, -0.2) is 61.4 Å². The van der Waals surface area contributed by atoms with Crippen LogP contribution in [-0.2, 0) is 27.8 Å². The first-order valence-electron chi connectivity index (χ1n) is 13.6. The second kappa shape index (κ2) is 11.9. The van der Waals surface area contributed by atoms with Crippen molar-refractivity contribution in [3.63, 3.8) is 0 Å². The van der Waals surface area contributed by atoms with Crippen LogP contribution in [0.3, 0.4) is 0 Å². The molecule has 0 radical (unpaired) electrons. The molecule has 2 aromatic carbocycles. The van der Waals surface area contributed by atoms with Gasteiger partial charge < -0.3 is 9.84 Å². The molecule has 1 aromatic heterocycles. The Labute approximate surface area is 230 Å². The van der Waals surface area contributed by atoms with Gasteiger partial charge in [-0.1, -0.05) is 65.3 Å². The monoisotopic (exact) mass is 548 g/mol. The Morgan fingerprint density at radius 3 is 2.49 bits per heavy atom. The van der Waals surface area contributed by atoms with Gasteiger partial charge in [-0.3, -0.25) is 9.69 Å². The van der Waals surface area contributed by atoms with Crippen LogP contribution in [0.15, 0.2) is 57.9 Å². The first-order valence-corrected chi connectivity index (χ1v) is 15.0. The fraction of sp³-hybridized carbons (Fsp3) is 0.400. The predicted octanol–water partition coefficient (Wildman–Crippen LogP) is 4.04. The lowest BCUT2D eigenvalue weighted by Crippen LogP contribution is -2.44. The molecule has 0 atom stereocenters. The number of aryl methyl sites for hydroxylation is 2. The molecule has 39 heavy (non-hydrogen) atoms. The Bertz CT molecular complexity index is 1440. The van der Waals surface area contributed by atoms with Crippen LogP contribution >= 0.6 is 0 Å². The first-order chi connectivity index (χ1) is 18.8. The lowest BCUT2D eigenvalue weighted by Gasteiger charge is -2.31. The molecule has 3 aromatic rings. The lowest BCUT2D eigenvalue weighted by atomic mass is 9.97. The molecule has 3 heterocycles. The van der Waals surface area contributed by atoms with Gasteiger partial charge in [-0.05, 0) is 55.9 Å². The highest BCUT2D eigenvalue weighted by Gasteiger charge is 2.36. The molecule has 8 nitrogen and oxygen atoms in total. The van der Waals surface area contributed by atoms with E-state index in [2.05, 4.69) is 39.6 Å². The van der Waals surface area contributed by atoms with E-state index in [9.17, 15) is 13.2 Å². The summed E-state index contributed by atoms with van der Waals surface area (Å²) in [6, 6.07) is 16.4. The number of carbonyl (C=O) groups excluding carboxylic acids is 1. The average molecular weight is 549 g/mol. The van der Waals surface area contributed by atoms with Gasteiger partial charge in [-0.15, -0.1) is 0 Å². The molecule has 0 spiro atoms. The number of rotatable bonds is 8. The van der Waals surface area contributed by atoms with Crippen LogP contribution in [0.2, 0.25) is 0 Å². The number of amides is 1. The molecule has 9 heteroatoms. The number of aromatic nitrogens is 1. The largest absolute Gasteiger partial charge is 0.355 e. The zero-order valence-corrected chi connectivity index (χ0v) is 23.4. The molecule has 2 aliphatic rings. The number of hydrogen-bond acceptors (Lipinski definition) is 6. The molecule has 0 unspecified atom stereocenters. The second-order valence-electron chi connectivity index (χ2n) is 10.5. The van der Waals surface area contributed by atoms with E-state index in [1.54, 1.807) is 13.0 Å². The van der Waals surface area contributed by atoms with E-state index < -0.39 is 10.0 Å². The molecule has 2 aliphatic heterocycles. The normalized spacial score (nSPS) is 17.4. The number of benzene rings is 2. The minimum atomic E-state index is -3.81. The molecule has 0 bridgehead atoms. The molecule has 5 rings (SSSR count). The van der Waals surface area contributed by atoms with Gasteiger partial charge in [0.1, 0.15) is 5.69 Å². The fourth-order valence-electron chi connectivity index (χ4n) is 5.36. The zero-order chi connectivity index (χ0) is 27.4. The number of nitrogens with one attached hydrogen (secondary N) is 1. The Kier molecular flexibility index (Phi) is 8.30. The third kappa shape index (κ3) is 6.32. The summed E-state index contributed by atoms with van der Waals surface area (Å²) in [6.45, 7) is 7.53. The molecule has 1 N–H and O–H groups in total. The van der Waals surface area contributed by atoms with E-state index in [-0.39, 0.29) is 35.6 Å². The number of hydrogen-bond donors (Lipinski definition) is 1. The van der Waals surface area contributed by atoms with Crippen molar-refractivity contribution in [1.29, 1.82) is 0 Å². The summed E-state index contributed by atoms with van der Waals surface area (Å²) in [5.74, 6) is 0.0311. The summed E-state index contributed by atoms with van der Waals surface area (Å²) >= 11 is 0. The van der Waals surface area contributed by atoms with Gasteiger partial charge in [-0.25, -0.2) is 8.42 Å². The maximum Gasteiger partial charge on any atom is 0.248 e. The highest BCUT2D eigenvalue weighted by atomic mass is 32.2. The highest BCUT2D eigenvalue weighted by Crippen LogP contribution is 2.29. The molecule has 1 amide bonds. The van der Waals surface area contributed by atoms with Crippen LogP contribution in [0.4, 0.5) is 0 Å². The van der Waals surface area contributed by atoms with Crippen LogP contribution in [0.1, 0.15) is 46.5 Å². The molecule has 0 aliphatic carbocycles. The van der Waals surface area contributed by atoms with Crippen molar-refractivity contribution in [3.05, 3.63) is 82.2 Å². The van der Waals surface area contributed by atoms with E-state index >= 15 is 0 Å². The van der Waals surface area contributed by atoms with Crippen LogP contribution in [0.25, 0.3) is 12.2 Å². The van der Waals surface area contributed by atoms with E-state index in [1.807, 2.05) is 37.3 Å². The third-order valence-electron chi connectivity index (χ3n) is 7.70. The van der Waals surface area contributed by atoms with Crippen LogP contribution in [0.5, 0.6) is 0 Å². The number of carbonyl (C=O) groups is 1. The van der Waals surface area contributed by atoms with Crippen molar-refractivity contribution in [3.8, 4) is 0 Å². The van der Waals surface area contributed by atoms with Gasteiger partial charge in [0.2, 0.25) is 15.9 Å². The summed E-state index contributed by atoms with van der Waals surface area (Å²) in [5.41, 5.74) is 5.20. The maximum atomic E-state index is 13.5. The molecule has 206 valence electrons.